The highest BCUT2D eigenvalue weighted by atomic mass is 16.6. The highest BCUT2D eigenvalue weighted by Crippen LogP contribution is 2.24. The Labute approximate surface area is 220 Å². The molecule has 12 heteroatoms. The maximum absolute atomic E-state index is 12.3. The van der Waals surface area contributed by atoms with Gasteiger partial charge in [0.15, 0.2) is 29.6 Å². The summed E-state index contributed by atoms with van der Waals surface area (Å²) in [7, 11) is 0. The van der Waals surface area contributed by atoms with Crippen LogP contribution >= 0.6 is 0 Å². The summed E-state index contributed by atoms with van der Waals surface area (Å²) >= 11 is 0. The minimum Gasteiger partial charge on any atom is -0.453 e. The van der Waals surface area contributed by atoms with Crippen molar-refractivity contribution in [2.24, 2.45) is 0 Å². The van der Waals surface area contributed by atoms with Crippen molar-refractivity contribution < 1.29 is 33.4 Å². The molecule has 0 aromatic carbocycles. The van der Waals surface area contributed by atoms with Gasteiger partial charge < -0.3 is 33.8 Å². The minimum absolute atomic E-state index is 0.0180. The Morgan fingerprint density at radius 2 is 1.37 bits per heavy atom. The third-order valence-corrected chi connectivity index (χ3v) is 5.40. The predicted octanol–water partition coefficient (Wildman–Crippen LogP) is 3.59. The van der Waals surface area contributed by atoms with Crippen molar-refractivity contribution in [1.82, 2.24) is 19.9 Å². The van der Waals surface area contributed by atoms with Crippen LogP contribution in [0.5, 0.6) is 0 Å². The van der Waals surface area contributed by atoms with Crippen molar-refractivity contribution in [1.29, 1.82) is 0 Å². The third-order valence-electron chi connectivity index (χ3n) is 5.40. The van der Waals surface area contributed by atoms with E-state index in [1.807, 2.05) is 13.8 Å². The highest BCUT2D eigenvalue weighted by molar-refractivity contribution is 5.93. The maximum Gasteiger partial charge on any atom is 0.519 e. The van der Waals surface area contributed by atoms with E-state index in [4.69, 9.17) is 13.6 Å². The van der Waals surface area contributed by atoms with Crippen LogP contribution in [0.3, 0.4) is 0 Å². The lowest BCUT2D eigenvalue weighted by Crippen LogP contribution is -2.21. The number of rotatable bonds is 10. The summed E-state index contributed by atoms with van der Waals surface area (Å²) in [5.74, 6) is 0.0598. The SMILES string of the molecule is CCCc1nc(C(=O)OCc2oc(=O)oc2C)c(C(C)(C)O)[nH]1.CCCc1nc(C(C)=O)c(C(C)(C)O)[nH]1. The Kier molecular flexibility index (Phi) is 9.99. The number of ketones is 1. The summed E-state index contributed by atoms with van der Waals surface area (Å²) in [6.45, 7) is 13.1. The van der Waals surface area contributed by atoms with Gasteiger partial charge in [-0.25, -0.2) is 19.6 Å². The predicted molar refractivity (Wildman–Crippen MR) is 137 cm³/mol. The molecule has 0 aliphatic rings. The van der Waals surface area contributed by atoms with Gasteiger partial charge in [-0.3, -0.25) is 4.79 Å². The van der Waals surface area contributed by atoms with Crippen LogP contribution in [0, 0.1) is 6.92 Å². The van der Waals surface area contributed by atoms with Crippen LogP contribution in [0.2, 0.25) is 0 Å². The molecule has 0 aliphatic heterocycles. The van der Waals surface area contributed by atoms with Crippen LogP contribution in [-0.2, 0) is 35.4 Å². The van der Waals surface area contributed by atoms with E-state index in [0.29, 0.717) is 23.6 Å². The number of hydrogen-bond acceptors (Lipinski definition) is 10. The number of carbonyl (C=O) groups excluding carboxylic acids is 2. The molecule has 12 nitrogen and oxygen atoms in total. The zero-order chi connectivity index (χ0) is 28.8. The summed E-state index contributed by atoms with van der Waals surface area (Å²) in [5, 5.41) is 20.1. The Morgan fingerprint density at radius 1 is 0.895 bits per heavy atom. The number of aliphatic hydroxyl groups is 2. The quantitative estimate of drug-likeness (QED) is 0.221. The van der Waals surface area contributed by atoms with Crippen molar-refractivity contribution in [2.75, 3.05) is 0 Å². The number of aromatic amines is 2. The van der Waals surface area contributed by atoms with Gasteiger partial charge >= 0.3 is 11.8 Å². The largest absolute Gasteiger partial charge is 0.519 e. The van der Waals surface area contributed by atoms with Crippen LogP contribution in [0.4, 0.5) is 0 Å². The molecule has 3 aromatic rings. The number of esters is 1. The molecule has 0 unspecified atom stereocenters. The molecule has 0 fully saturated rings. The number of Topliss-reactive ketones (excluding diaryl/α,β-unsaturated/α-hetero) is 1. The molecule has 0 spiro atoms. The molecule has 0 saturated heterocycles. The molecule has 0 amide bonds. The Morgan fingerprint density at radius 3 is 1.74 bits per heavy atom. The van der Waals surface area contributed by atoms with Gasteiger partial charge in [-0.1, -0.05) is 13.8 Å². The standard InChI is InChI=1S/C15H20N2O6.C11H18N2O2/c1-5-6-10-16-11(12(17-10)15(3,4)20)13(18)21-7-9-8(2)22-14(19)23-9;1-5-6-8-12-9(7(2)14)10(13-8)11(3,4)15/h20H,5-7H2,1-4H3,(H,16,17);15H,5-6H2,1-4H3,(H,12,13). The zero-order valence-corrected chi connectivity index (χ0v) is 23.3. The van der Waals surface area contributed by atoms with Gasteiger partial charge in [0.2, 0.25) is 0 Å². The van der Waals surface area contributed by atoms with Gasteiger partial charge in [0.1, 0.15) is 28.5 Å². The van der Waals surface area contributed by atoms with E-state index in [1.165, 1.54) is 13.8 Å². The number of ether oxygens (including phenoxy) is 1. The van der Waals surface area contributed by atoms with Crippen LogP contribution < -0.4 is 5.82 Å². The number of carbonyl (C=O) groups is 2. The lowest BCUT2D eigenvalue weighted by atomic mass is 10.0. The molecule has 210 valence electrons. The van der Waals surface area contributed by atoms with Crippen molar-refractivity contribution in [3.8, 4) is 0 Å². The first-order chi connectivity index (χ1) is 17.6. The van der Waals surface area contributed by atoms with Gasteiger partial charge in [0, 0.05) is 19.8 Å². The van der Waals surface area contributed by atoms with Gasteiger partial charge in [-0.05, 0) is 47.5 Å². The highest BCUT2D eigenvalue weighted by Gasteiger charge is 2.29. The molecule has 0 bridgehead atoms. The average molecular weight is 535 g/mol. The number of nitrogens with zero attached hydrogens (tertiary/aromatic N) is 2. The Hall–Kier alpha value is -3.51. The van der Waals surface area contributed by atoms with E-state index in [-0.39, 0.29) is 35.3 Å². The second-order valence-corrected chi connectivity index (χ2v) is 10.00. The lowest BCUT2D eigenvalue weighted by Gasteiger charge is -2.16. The zero-order valence-electron chi connectivity index (χ0n) is 23.3. The number of H-pyrrole nitrogens is 2. The van der Waals surface area contributed by atoms with Gasteiger partial charge in [-0.2, -0.15) is 0 Å². The minimum atomic E-state index is -1.27. The van der Waals surface area contributed by atoms with E-state index < -0.39 is 23.0 Å². The van der Waals surface area contributed by atoms with Gasteiger partial charge in [0.05, 0.1) is 11.4 Å². The number of aryl methyl sites for hydroxylation is 3. The molecule has 0 aliphatic carbocycles. The molecular formula is C26H38N4O8. The molecule has 3 aromatic heterocycles. The molecule has 3 heterocycles. The molecular weight excluding hydrogens is 496 g/mol. The number of imidazole rings is 2. The van der Waals surface area contributed by atoms with Crippen LogP contribution in [-0.4, -0.2) is 41.9 Å². The van der Waals surface area contributed by atoms with Crippen molar-refractivity contribution in [3.63, 3.8) is 0 Å². The first kappa shape index (κ1) is 30.7. The fraction of sp³-hybridized carbons (Fsp3) is 0.577. The molecule has 38 heavy (non-hydrogen) atoms. The summed E-state index contributed by atoms with van der Waals surface area (Å²) in [6, 6.07) is 0. The monoisotopic (exact) mass is 534 g/mol. The van der Waals surface area contributed by atoms with E-state index in [0.717, 1.165) is 25.1 Å². The summed E-state index contributed by atoms with van der Waals surface area (Å²) in [6.07, 6.45) is 3.23. The number of aromatic nitrogens is 4. The molecule has 3 rings (SSSR count). The maximum atomic E-state index is 12.3. The van der Waals surface area contributed by atoms with E-state index in [1.54, 1.807) is 27.7 Å². The van der Waals surface area contributed by atoms with E-state index >= 15 is 0 Å². The Balaban J connectivity index is 0.000000293. The van der Waals surface area contributed by atoms with E-state index in [9.17, 15) is 24.6 Å². The van der Waals surface area contributed by atoms with Crippen molar-refractivity contribution in [2.45, 2.75) is 98.9 Å². The normalized spacial score (nSPS) is 11.7. The fourth-order valence-corrected chi connectivity index (χ4v) is 3.55. The summed E-state index contributed by atoms with van der Waals surface area (Å²) < 4.78 is 14.6. The first-order valence-electron chi connectivity index (χ1n) is 12.5. The molecule has 0 radical (unpaired) electrons. The first-order valence-corrected chi connectivity index (χ1v) is 12.5. The third kappa shape index (κ3) is 7.99. The topological polar surface area (TPSA) is 185 Å². The van der Waals surface area contributed by atoms with Crippen LogP contribution in [0.1, 0.15) is 117 Å². The Bertz CT molecular complexity index is 1300. The smallest absolute Gasteiger partial charge is 0.453 e. The van der Waals surface area contributed by atoms with Crippen molar-refractivity contribution in [3.05, 3.63) is 56.6 Å². The van der Waals surface area contributed by atoms with Crippen LogP contribution in [0.15, 0.2) is 13.6 Å². The number of nitrogens with one attached hydrogen (secondary N) is 2. The van der Waals surface area contributed by atoms with Gasteiger partial charge in [0.25, 0.3) is 0 Å². The summed E-state index contributed by atoms with van der Waals surface area (Å²) in [5.41, 5.74) is -1.16. The second kappa shape index (κ2) is 12.4. The lowest BCUT2D eigenvalue weighted by molar-refractivity contribution is 0.0402. The molecule has 0 atom stereocenters. The van der Waals surface area contributed by atoms with E-state index in [2.05, 4.69) is 19.9 Å². The molecule has 0 saturated carbocycles. The fourth-order valence-electron chi connectivity index (χ4n) is 3.55. The average Bonchev–Trinajstić information content (AvgIpc) is 3.49. The molecule has 4 N–H and O–H groups in total. The number of hydrogen-bond donors (Lipinski definition) is 4. The van der Waals surface area contributed by atoms with Gasteiger partial charge in [-0.15, -0.1) is 0 Å². The van der Waals surface area contributed by atoms with Crippen molar-refractivity contribution >= 4 is 11.8 Å². The summed E-state index contributed by atoms with van der Waals surface area (Å²) in [4.78, 5) is 48.9. The second-order valence-electron chi connectivity index (χ2n) is 10.00. The van der Waals surface area contributed by atoms with Crippen LogP contribution in [0.25, 0.3) is 0 Å².